The quantitative estimate of drug-likeness (QED) is 0.785. The van der Waals surface area contributed by atoms with Crippen molar-refractivity contribution >= 4 is 10.9 Å². The summed E-state index contributed by atoms with van der Waals surface area (Å²) >= 11 is 0. The Morgan fingerprint density at radius 2 is 2.26 bits per heavy atom. The topological polar surface area (TPSA) is 60.2 Å². The first-order chi connectivity index (χ1) is 9.25. The lowest BCUT2D eigenvalue weighted by molar-refractivity contribution is -0.0184. The van der Waals surface area contributed by atoms with Crippen LogP contribution in [0.5, 0.6) is 0 Å². The molecule has 0 aliphatic carbocycles. The van der Waals surface area contributed by atoms with Gasteiger partial charge in [0.25, 0.3) is 5.56 Å². The Bertz CT molecular complexity index is 640. The summed E-state index contributed by atoms with van der Waals surface area (Å²) in [7, 11) is 0. The van der Waals surface area contributed by atoms with E-state index in [1.807, 2.05) is 12.1 Å². The van der Waals surface area contributed by atoms with E-state index in [0.717, 1.165) is 6.54 Å². The Hall–Kier alpha value is -1.79. The highest BCUT2D eigenvalue weighted by molar-refractivity contribution is 5.76. The van der Waals surface area contributed by atoms with E-state index in [-0.39, 0.29) is 11.6 Å². The zero-order valence-corrected chi connectivity index (χ0v) is 10.8. The fourth-order valence-electron chi connectivity index (χ4n) is 2.26. The molecule has 2 heterocycles. The van der Waals surface area contributed by atoms with Gasteiger partial charge in [-0.1, -0.05) is 17.3 Å². The van der Waals surface area contributed by atoms with Crippen LogP contribution in [0.2, 0.25) is 0 Å². The van der Waals surface area contributed by atoms with Gasteiger partial charge in [0.1, 0.15) is 5.52 Å². The standard InChI is InChI=1S/C13H16N4O2/c1-10-8-19-7-6-16(10)9-17-13(18)11-4-2-3-5-12(11)14-15-17/h2-5,10H,6-9H2,1H3. The third kappa shape index (κ3) is 2.36. The Balaban J connectivity index is 1.93. The summed E-state index contributed by atoms with van der Waals surface area (Å²) in [5, 5.41) is 8.70. The molecular weight excluding hydrogens is 244 g/mol. The minimum atomic E-state index is -0.0932. The molecule has 0 radical (unpaired) electrons. The average Bonchev–Trinajstić information content (AvgIpc) is 2.44. The third-order valence-corrected chi connectivity index (χ3v) is 3.45. The molecule has 0 saturated carbocycles. The van der Waals surface area contributed by atoms with Crippen molar-refractivity contribution in [3.05, 3.63) is 34.6 Å². The van der Waals surface area contributed by atoms with E-state index in [4.69, 9.17) is 4.74 Å². The fraction of sp³-hybridized carbons (Fsp3) is 0.462. The summed E-state index contributed by atoms with van der Waals surface area (Å²) in [4.78, 5) is 14.5. The number of hydrogen-bond donors (Lipinski definition) is 0. The molecule has 0 bridgehead atoms. The SMILES string of the molecule is CC1COCCN1Cn1nnc2ccccc2c1=O. The van der Waals surface area contributed by atoms with Crippen molar-refractivity contribution in [2.45, 2.75) is 19.6 Å². The van der Waals surface area contributed by atoms with E-state index < -0.39 is 0 Å². The lowest BCUT2D eigenvalue weighted by Gasteiger charge is -2.32. The third-order valence-electron chi connectivity index (χ3n) is 3.45. The Labute approximate surface area is 110 Å². The largest absolute Gasteiger partial charge is 0.379 e. The number of aromatic nitrogens is 3. The highest BCUT2D eigenvalue weighted by Crippen LogP contribution is 2.07. The lowest BCUT2D eigenvalue weighted by Crippen LogP contribution is -2.46. The highest BCUT2D eigenvalue weighted by atomic mass is 16.5. The van der Waals surface area contributed by atoms with Crippen molar-refractivity contribution in [3.63, 3.8) is 0 Å². The molecule has 6 nitrogen and oxygen atoms in total. The Morgan fingerprint density at radius 3 is 3.11 bits per heavy atom. The molecule has 1 aliphatic rings. The van der Waals surface area contributed by atoms with Gasteiger partial charge in [0.2, 0.25) is 0 Å². The normalized spacial score (nSPS) is 20.8. The van der Waals surface area contributed by atoms with Gasteiger partial charge in [0, 0.05) is 12.6 Å². The lowest BCUT2D eigenvalue weighted by atomic mass is 10.2. The molecule has 0 spiro atoms. The highest BCUT2D eigenvalue weighted by Gasteiger charge is 2.20. The monoisotopic (exact) mass is 260 g/mol. The van der Waals surface area contributed by atoms with Gasteiger partial charge >= 0.3 is 0 Å². The van der Waals surface area contributed by atoms with Crippen LogP contribution in [0.15, 0.2) is 29.1 Å². The van der Waals surface area contributed by atoms with Crippen molar-refractivity contribution in [2.75, 3.05) is 19.8 Å². The second-order valence-corrected chi connectivity index (χ2v) is 4.79. The molecule has 6 heteroatoms. The second-order valence-electron chi connectivity index (χ2n) is 4.79. The molecule has 19 heavy (non-hydrogen) atoms. The molecule has 1 fully saturated rings. The number of morpholine rings is 1. The van der Waals surface area contributed by atoms with Crippen molar-refractivity contribution in [3.8, 4) is 0 Å². The molecular formula is C13H16N4O2. The maximum absolute atomic E-state index is 12.3. The van der Waals surface area contributed by atoms with Crippen LogP contribution in [0.25, 0.3) is 10.9 Å². The minimum absolute atomic E-state index is 0.0932. The van der Waals surface area contributed by atoms with Crippen LogP contribution < -0.4 is 5.56 Å². The van der Waals surface area contributed by atoms with Gasteiger partial charge in [0.15, 0.2) is 0 Å². The summed E-state index contributed by atoms with van der Waals surface area (Å²) in [5.41, 5.74) is 0.545. The van der Waals surface area contributed by atoms with Crippen LogP contribution in [-0.2, 0) is 11.4 Å². The van der Waals surface area contributed by atoms with E-state index in [9.17, 15) is 4.79 Å². The van der Waals surface area contributed by atoms with Crippen LogP contribution in [0.1, 0.15) is 6.92 Å². The molecule has 2 aromatic rings. The van der Waals surface area contributed by atoms with E-state index in [2.05, 4.69) is 22.1 Å². The van der Waals surface area contributed by atoms with Crippen LogP contribution >= 0.6 is 0 Å². The van der Waals surface area contributed by atoms with Gasteiger partial charge in [-0.2, -0.15) is 4.68 Å². The fourth-order valence-corrected chi connectivity index (χ4v) is 2.26. The van der Waals surface area contributed by atoms with E-state index >= 15 is 0 Å². The molecule has 3 rings (SSSR count). The van der Waals surface area contributed by atoms with Gasteiger partial charge in [0.05, 0.1) is 25.3 Å². The van der Waals surface area contributed by atoms with Crippen molar-refractivity contribution < 1.29 is 4.74 Å². The number of benzene rings is 1. The molecule has 100 valence electrons. The maximum Gasteiger partial charge on any atom is 0.278 e. The molecule has 1 aromatic heterocycles. The van der Waals surface area contributed by atoms with Gasteiger partial charge in [-0.15, -0.1) is 5.10 Å². The first-order valence-electron chi connectivity index (χ1n) is 6.40. The van der Waals surface area contributed by atoms with Crippen molar-refractivity contribution in [1.29, 1.82) is 0 Å². The van der Waals surface area contributed by atoms with Gasteiger partial charge in [-0.05, 0) is 19.1 Å². The average molecular weight is 260 g/mol. The Kier molecular flexibility index (Phi) is 3.27. The van der Waals surface area contributed by atoms with Crippen molar-refractivity contribution in [1.82, 2.24) is 19.9 Å². The summed E-state index contributed by atoms with van der Waals surface area (Å²) in [5.74, 6) is 0. The van der Waals surface area contributed by atoms with Crippen LogP contribution in [0.4, 0.5) is 0 Å². The molecule has 1 aromatic carbocycles. The maximum atomic E-state index is 12.3. The number of hydrogen-bond acceptors (Lipinski definition) is 5. The summed E-state index contributed by atoms with van der Waals surface area (Å²) < 4.78 is 6.81. The van der Waals surface area contributed by atoms with Gasteiger partial charge < -0.3 is 4.74 Å². The van der Waals surface area contributed by atoms with Crippen LogP contribution in [0.3, 0.4) is 0 Å². The van der Waals surface area contributed by atoms with Gasteiger partial charge in [-0.25, -0.2) is 0 Å². The Morgan fingerprint density at radius 1 is 1.42 bits per heavy atom. The summed E-state index contributed by atoms with van der Waals surface area (Å²) in [6.45, 7) is 4.73. The number of rotatable bonds is 2. The summed E-state index contributed by atoms with van der Waals surface area (Å²) in [6, 6.07) is 7.56. The van der Waals surface area contributed by atoms with Crippen LogP contribution in [-0.4, -0.2) is 45.7 Å². The second kappa shape index (κ2) is 5.07. The molecule has 1 aliphatic heterocycles. The van der Waals surface area contributed by atoms with Gasteiger partial charge in [-0.3, -0.25) is 9.69 Å². The molecule has 1 unspecified atom stereocenters. The smallest absolute Gasteiger partial charge is 0.278 e. The predicted molar refractivity (Wildman–Crippen MR) is 70.8 cm³/mol. The molecule has 0 N–H and O–H groups in total. The predicted octanol–water partition coefficient (Wildman–Crippen LogP) is 0.470. The van der Waals surface area contributed by atoms with E-state index in [1.54, 1.807) is 12.1 Å². The number of fused-ring (bicyclic) bond motifs is 1. The number of ether oxygens (including phenoxy) is 1. The van der Waals surface area contributed by atoms with Crippen molar-refractivity contribution in [2.24, 2.45) is 0 Å². The molecule has 0 amide bonds. The molecule has 1 atom stereocenters. The first kappa shape index (κ1) is 12.3. The molecule has 1 saturated heterocycles. The zero-order chi connectivity index (χ0) is 13.2. The van der Waals surface area contributed by atoms with E-state index in [0.29, 0.717) is 30.8 Å². The van der Waals surface area contributed by atoms with E-state index in [1.165, 1.54) is 4.68 Å². The first-order valence-corrected chi connectivity index (χ1v) is 6.40. The zero-order valence-electron chi connectivity index (χ0n) is 10.8. The number of nitrogens with zero attached hydrogens (tertiary/aromatic N) is 4. The minimum Gasteiger partial charge on any atom is -0.379 e. The summed E-state index contributed by atoms with van der Waals surface area (Å²) in [6.07, 6.45) is 0. The van der Waals surface area contributed by atoms with Crippen LogP contribution in [0, 0.1) is 0 Å².